The first-order chi connectivity index (χ1) is 18.0. The maximum absolute atomic E-state index is 13.3. The molecule has 2 aromatic carbocycles. The lowest BCUT2D eigenvalue weighted by atomic mass is 10.1. The number of benzene rings is 2. The lowest BCUT2D eigenvalue weighted by molar-refractivity contribution is -0.122. The molecule has 0 spiro atoms. The fourth-order valence-electron chi connectivity index (χ4n) is 4.96. The van der Waals surface area contributed by atoms with Gasteiger partial charge in [-0.25, -0.2) is 4.98 Å². The summed E-state index contributed by atoms with van der Waals surface area (Å²) in [7, 11) is 1.63. The summed E-state index contributed by atoms with van der Waals surface area (Å²) in [5.74, 6) is 1.37. The van der Waals surface area contributed by atoms with Crippen LogP contribution in [0.15, 0.2) is 60.8 Å². The van der Waals surface area contributed by atoms with Gasteiger partial charge in [-0.1, -0.05) is 30.3 Å². The molecule has 0 bridgehead atoms. The average molecular weight is 501 g/mol. The minimum atomic E-state index is -0.574. The molecule has 0 saturated carbocycles. The molecule has 0 aliphatic carbocycles. The van der Waals surface area contributed by atoms with E-state index in [4.69, 9.17) is 9.47 Å². The quantitative estimate of drug-likeness (QED) is 0.506. The number of aromatic nitrogens is 1. The highest BCUT2D eigenvalue weighted by Crippen LogP contribution is 2.38. The fraction of sp³-hybridized carbons (Fsp3) is 0.345. The van der Waals surface area contributed by atoms with E-state index in [0.717, 1.165) is 36.3 Å². The highest BCUT2D eigenvalue weighted by Gasteiger charge is 2.30. The maximum Gasteiger partial charge on any atom is 0.257 e. The predicted molar refractivity (Wildman–Crippen MR) is 141 cm³/mol. The predicted octanol–water partition coefficient (Wildman–Crippen LogP) is 4.15. The Kier molecular flexibility index (Phi) is 7.25. The van der Waals surface area contributed by atoms with E-state index in [1.165, 1.54) is 5.56 Å². The summed E-state index contributed by atoms with van der Waals surface area (Å²) >= 11 is 0. The summed E-state index contributed by atoms with van der Waals surface area (Å²) in [6.07, 6.45) is 4.84. The van der Waals surface area contributed by atoms with Crippen LogP contribution in [0.3, 0.4) is 0 Å². The van der Waals surface area contributed by atoms with Gasteiger partial charge in [-0.15, -0.1) is 0 Å². The van der Waals surface area contributed by atoms with Gasteiger partial charge in [0.25, 0.3) is 5.91 Å². The number of carbonyl (C=O) groups is 2. The molecule has 5 rings (SSSR count). The number of nitrogens with zero attached hydrogens (tertiary/aromatic N) is 2. The molecule has 192 valence electrons. The van der Waals surface area contributed by atoms with Crippen molar-refractivity contribution in [1.29, 1.82) is 0 Å². The van der Waals surface area contributed by atoms with Gasteiger partial charge >= 0.3 is 0 Å². The van der Waals surface area contributed by atoms with Gasteiger partial charge in [0.2, 0.25) is 5.91 Å². The number of amides is 2. The number of fused-ring (bicyclic) bond motifs is 1. The molecule has 3 heterocycles. The van der Waals surface area contributed by atoms with E-state index < -0.39 is 6.04 Å². The smallest absolute Gasteiger partial charge is 0.257 e. The van der Waals surface area contributed by atoms with Gasteiger partial charge in [0.15, 0.2) is 0 Å². The lowest BCUT2D eigenvalue weighted by Crippen LogP contribution is -2.45. The zero-order valence-electron chi connectivity index (χ0n) is 21.2. The Balaban J connectivity index is 1.44. The van der Waals surface area contributed by atoms with Crippen molar-refractivity contribution in [1.82, 2.24) is 15.6 Å². The van der Waals surface area contributed by atoms with Gasteiger partial charge in [0.05, 0.1) is 12.7 Å². The number of anilines is 2. The van der Waals surface area contributed by atoms with E-state index in [1.54, 1.807) is 13.3 Å². The molecule has 37 heavy (non-hydrogen) atoms. The molecule has 8 heteroatoms. The third-order valence-corrected chi connectivity index (χ3v) is 6.94. The van der Waals surface area contributed by atoms with Crippen LogP contribution in [0.1, 0.15) is 47.7 Å². The van der Waals surface area contributed by atoms with Gasteiger partial charge in [0, 0.05) is 30.5 Å². The van der Waals surface area contributed by atoms with Crippen LogP contribution in [-0.4, -0.2) is 42.5 Å². The second kappa shape index (κ2) is 10.9. The number of rotatable bonds is 7. The number of para-hydroxylation sites is 1. The van der Waals surface area contributed by atoms with Gasteiger partial charge in [-0.3, -0.25) is 9.59 Å². The first-order valence-corrected chi connectivity index (χ1v) is 12.7. The minimum Gasteiger partial charge on any atom is -0.497 e. The maximum atomic E-state index is 13.3. The monoisotopic (exact) mass is 500 g/mol. The van der Waals surface area contributed by atoms with Crippen molar-refractivity contribution in [3.63, 3.8) is 0 Å². The molecule has 2 N–H and O–H groups in total. The van der Waals surface area contributed by atoms with Gasteiger partial charge in [-0.2, -0.15) is 0 Å². The van der Waals surface area contributed by atoms with Crippen molar-refractivity contribution >= 4 is 23.3 Å². The molecule has 2 atom stereocenters. The number of pyridine rings is 1. The Morgan fingerprint density at radius 3 is 2.78 bits per heavy atom. The number of carbonyl (C=O) groups excluding carboxylic acids is 2. The Labute approximate surface area is 217 Å². The summed E-state index contributed by atoms with van der Waals surface area (Å²) in [6, 6.07) is 17.3. The number of hydrogen-bond acceptors (Lipinski definition) is 6. The van der Waals surface area contributed by atoms with Gasteiger partial charge < -0.3 is 25.0 Å². The highest BCUT2D eigenvalue weighted by molar-refractivity contribution is 5.99. The molecule has 1 aromatic heterocycles. The summed E-state index contributed by atoms with van der Waals surface area (Å²) in [6.45, 7) is 3.06. The van der Waals surface area contributed by atoms with E-state index in [-0.39, 0.29) is 24.5 Å². The molecule has 2 amide bonds. The van der Waals surface area contributed by atoms with Crippen LogP contribution >= 0.6 is 0 Å². The molecular formula is C29H32N4O4. The van der Waals surface area contributed by atoms with Crippen LogP contribution < -0.4 is 25.0 Å². The normalized spacial score (nSPS) is 19.0. The SMILES string of the molecule is COc1ccc(COc2cc(N3c4ccccc4CC3C)ncc2C(=O)NC2CCCCNC2=O)cc1. The summed E-state index contributed by atoms with van der Waals surface area (Å²) < 4.78 is 11.5. The van der Waals surface area contributed by atoms with Crippen LogP contribution in [0.2, 0.25) is 0 Å². The Morgan fingerprint density at radius 1 is 1.16 bits per heavy atom. The van der Waals surface area contributed by atoms with Crippen molar-refractivity contribution in [3.05, 3.63) is 77.5 Å². The molecule has 8 nitrogen and oxygen atoms in total. The number of hydrogen-bond donors (Lipinski definition) is 2. The number of nitrogens with one attached hydrogen (secondary N) is 2. The summed E-state index contributed by atoms with van der Waals surface area (Å²) in [4.78, 5) is 32.6. The Morgan fingerprint density at radius 2 is 1.97 bits per heavy atom. The van der Waals surface area contributed by atoms with E-state index in [2.05, 4.69) is 39.6 Å². The van der Waals surface area contributed by atoms with Crippen molar-refractivity contribution in [2.24, 2.45) is 0 Å². The number of ether oxygens (including phenoxy) is 2. The average Bonchev–Trinajstić information content (AvgIpc) is 3.13. The third kappa shape index (κ3) is 5.38. The van der Waals surface area contributed by atoms with Crippen LogP contribution in [0.5, 0.6) is 11.5 Å². The molecule has 3 aromatic rings. The van der Waals surface area contributed by atoms with E-state index in [1.807, 2.05) is 42.5 Å². The van der Waals surface area contributed by atoms with Gasteiger partial charge in [0.1, 0.15) is 30.0 Å². The van der Waals surface area contributed by atoms with Crippen molar-refractivity contribution in [2.75, 3.05) is 18.6 Å². The van der Waals surface area contributed by atoms with E-state index in [9.17, 15) is 9.59 Å². The van der Waals surface area contributed by atoms with Crippen LogP contribution in [0.4, 0.5) is 11.5 Å². The molecule has 0 radical (unpaired) electrons. The minimum absolute atomic E-state index is 0.154. The Hall–Kier alpha value is -4.07. The standard InChI is InChI=1S/C29H32N4O4/c1-19-15-21-7-3-4-9-25(21)33(19)27-16-26(37-18-20-10-12-22(36-2)13-11-20)23(17-31-27)28(34)32-24-8-5-6-14-30-29(24)35/h3-4,7,9-13,16-17,19,24H,5-6,8,14-15,18H2,1-2H3,(H,30,35)(H,32,34). The first-order valence-electron chi connectivity index (χ1n) is 12.7. The highest BCUT2D eigenvalue weighted by atomic mass is 16.5. The van der Waals surface area contributed by atoms with Crippen molar-refractivity contribution in [3.8, 4) is 11.5 Å². The Bertz CT molecular complexity index is 1280. The van der Waals surface area contributed by atoms with Crippen molar-refractivity contribution in [2.45, 2.75) is 51.3 Å². The van der Waals surface area contributed by atoms with E-state index in [0.29, 0.717) is 30.1 Å². The number of methoxy groups -OCH3 is 1. The first kappa shape index (κ1) is 24.6. The molecule has 1 fully saturated rings. The van der Waals surface area contributed by atoms with Crippen LogP contribution in [0, 0.1) is 0 Å². The van der Waals surface area contributed by atoms with Crippen LogP contribution in [0.25, 0.3) is 0 Å². The summed E-state index contributed by atoms with van der Waals surface area (Å²) in [5.41, 5.74) is 3.61. The molecule has 2 aliphatic rings. The molecule has 2 unspecified atom stereocenters. The van der Waals surface area contributed by atoms with Crippen molar-refractivity contribution < 1.29 is 19.1 Å². The zero-order chi connectivity index (χ0) is 25.8. The van der Waals surface area contributed by atoms with Crippen LogP contribution in [-0.2, 0) is 17.8 Å². The second-order valence-corrected chi connectivity index (χ2v) is 9.54. The lowest BCUT2D eigenvalue weighted by Gasteiger charge is -2.25. The fourth-order valence-corrected chi connectivity index (χ4v) is 4.96. The topological polar surface area (TPSA) is 92.8 Å². The molecule has 2 aliphatic heterocycles. The largest absolute Gasteiger partial charge is 0.497 e. The summed E-state index contributed by atoms with van der Waals surface area (Å²) in [5, 5.41) is 5.76. The third-order valence-electron chi connectivity index (χ3n) is 6.94. The zero-order valence-corrected chi connectivity index (χ0v) is 21.2. The second-order valence-electron chi connectivity index (χ2n) is 9.54. The molecule has 1 saturated heterocycles. The van der Waals surface area contributed by atoms with E-state index >= 15 is 0 Å². The molecular weight excluding hydrogens is 468 g/mol. The van der Waals surface area contributed by atoms with Gasteiger partial charge in [-0.05, 0) is 61.9 Å².